The second kappa shape index (κ2) is 6.51. The van der Waals surface area contributed by atoms with E-state index < -0.39 is 0 Å². The Hall–Kier alpha value is -0.930. The second-order valence-electron chi connectivity index (χ2n) is 3.35. The minimum atomic E-state index is 0.230. The molecule has 0 unspecified atom stereocenters. The Bertz CT molecular complexity index is 240. The molecular formula is C11H18NO2+. The van der Waals surface area contributed by atoms with Crippen molar-refractivity contribution in [2.24, 2.45) is 0 Å². The summed E-state index contributed by atoms with van der Waals surface area (Å²) in [6.07, 6.45) is 6.58. The number of aromatic nitrogens is 1. The summed E-state index contributed by atoms with van der Waals surface area (Å²) in [5.41, 5.74) is 1.24. The number of aliphatic hydroxyl groups is 2. The minimum absolute atomic E-state index is 0.230. The normalized spacial score (nSPS) is 10.4. The van der Waals surface area contributed by atoms with Gasteiger partial charge in [-0.05, 0) is 18.9 Å². The van der Waals surface area contributed by atoms with Crippen LogP contribution in [0, 0.1) is 0 Å². The summed E-state index contributed by atoms with van der Waals surface area (Å²) < 4.78 is 2.07. The predicted molar refractivity (Wildman–Crippen MR) is 53.7 cm³/mol. The van der Waals surface area contributed by atoms with Crippen LogP contribution in [0.15, 0.2) is 24.5 Å². The highest BCUT2D eigenvalue weighted by molar-refractivity contribution is 5.05. The molecule has 0 radical (unpaired) electrons. The molecule has 0 aliphatic rings. The monoisotopic (exact) mass is 196 g/mol. The van der Waals surface area contributed by atoms with Gasteiger partial charge in [0, 0.05) is 31.3 Å². The van der Waals surface area contributed by atoms with Crippen LogP contribution in [0.2, 0.25) is 0 Å². The Balaban J connectivity index is 2.50. The molecule has 0 fully saturated rings. The van der Waals surface area contributed by atoms with Crippen molar-refractivity contribution < 1.29 is 14.8 Å². The molecule has 1 heterocycles. The van der Waals surface area contributed by atoms with E-state index in [4.69, 9.17) is 10.2 Å². The fourth-order valence-corrected chi connectivity index (χ4v) is 1.40. The van der Waals surface area contributed by atoms with E-state index in [9.17, 15) is 0 Å². The maximum Gasteiger partial charge on any atom is 0.171 e. The van der Waals surface area contributed by atoms with E-state index in [1.165, 1.54) is 5.56 Å². The Kier molecular flexibility index (Phi) is 5.19. The zero-order valence-electron chi connectivity index (χ0n) is 8.39. The number of nitrogens with zero attached hydrogens (tertiary/aromatic N) is 1. The quantitative estimate of drug-likeness (QED) is 0.642. The third-order valence-electron chi connectivity index (χ3n) is 2.12. The third kappa shape index (κ3) is 3.85. The van der Waals surface area contributed by atoms with E-state index in [0.29, 0.717) is 0 Å². The van der Waals surface area contributed by atoms with Crippen molar-refractivity contribution in [1.82, 2.24) is 0 Å². The Morgan fingerprint density at radius 2 is 1.93 bits per heavy atom. The number of rotatable bonds is 6. The summed E-state index contributed by atoms with van der Waals surface area (Å²) in [4.78, 5) is 0. The zero-order chi connectivity index (χ0) is 10.2. The maximum atomic E-state index is 8.70. The van der Waals surface area contributed by atoms with Gasteiger partial charge in [0.1, 0.15) is 0 Å². The SMILES string of the molecule is OCCCc1ccc[n+](CCCO)c1. The summed E-state index contributed by atoms with van der Waals surface area (Å²) in [6.45, 7) is 1.32. The molecule has 78 valence electrons. The van der Waals surface area contributed by atoms with Gasteiger partial charge in [0.25, 0.3) is 0 Å². The van der Waals surface area contributed by atoms with Crippen molar-refractivity contribution in [1.29, 1.82) is 0 Å². The van der Waals surface area contributed by atoms with Gasteiger partial charge < -0.3 is 10.2 Å². The lowest BCUT2D eigenvalue weighted by Gasteiger charge is -1.99. The van der Waals surface area contributed by atoms with Gasteiger partial charge in [-0.3, -0.25) is 0 Å². The van der Waals surface area contributed by atoms with E-state index in [2.05, 4.69) is 16.8 Å². The van der Waals surface area contributed by atoms with Crippen LogP contribution < -0.4 is 4.57 Å². The number of aliphatic hydroxyl groups excluding tert-OH is 2. The highest BCUT2D eigenvalue weighted by atomic mass is 16.3. The molecule has 1 aromatic rings. The van der Waals surface area contributed by atoms with Crippen molar-refractivity contribution in [3.8, 4) is 0 Å². The Labute approximate surface area is 84.6 Å². The Morgan fingerprint density at radius 1 is 1.14 bits per heavy atom. The van der Waals surface area contributed by atoms with E-state index >= 15 is 0 Å². The first kappa shape index (κ1) is 11.1. The lowest BCUT2D eigenvalue weighted by atomic mass is 10.1. The van der Waals surface area contributed by atoms with E-state index in [0.717, 1.165) is 25.8 Å². The standard InChI is InChI=1S/C11H18NO2/c13-8-2-5-11-4-1-6-12(10-11)7-3-9-14/h1,4,6,10,13-14H,2-3,5,7-9H2/q+1. The molecule has 0 aliphatic carbocycles. The van der Waals surface area contributed by atoms with Gasteiger partial charge in [0.15, 0.2) is 18.9 Å². The molecule has 0 bridgehead atoms. The largest absolute Gasteiger partial charge is 0.396 e. The average Bonchev–Trinajstić information content (AvgIpc) is 2.24. The molecule has 0 saturated carbocycles. The van der Waals surface area contributed by atoms with Crippen molar-refractivity contribution >= 4 is 0 Å². The number of hydrogen-bond donors (Lipinski definition) is 2. The molecule has 2 N–H and O–H groups in total. The topological polar surface area (TPSA) is 44.3 Å². The molecule has 0 saturated heterocycles. The van der Waals surface area contributed by atoms with Gasteiger partial charge in [-0.1, -0.05) is 0 Å². The van der Waals surface area contributed by atoms with Gasteiger partial charge in [0.05, 0.1) is 0 Å². The lowest BCUT2D eigenvalue weighted by molar-refractivity contribution is -0.697. The molecule has 0 aromatic carbocycles. The molecule has 0 spiro atoms. The first-order valence-electron chi connectivity index (χ1n) is 5.06. The molecule has 0 aliphatic heterocycles. The van der Waals surface area contributed by atoms with Gasteiger partial charge in [-0.2, -0.15) is 0 Å². The smallest absolute Gasteiger partial charge is 0.171 e. The van der Waals surface area contributed by atoms with Crippen molar-refractivity contribution in [3.05, 3.63) is 30.1 Å². The van der Waals surface area contributed by atoms with Gasteiger partial charge in [0.2, 0.25) is 0 Å². The molecule has 3 nitrogen and oxygen atoms in total. The molecule has 1 rings (SSSR count). The van der Waals surface area contributed by atoms with Crippen molar-refractivity contribution in [2.75, 3.05) is 13.2 Å². The summed E-state index contributed by atoms with van der Waals surface area (Å²) in [5.74, 6) is 0. The summed E-state index contributed by atoms with van der Waals surface area (Å²) in [7, 11) is 0. The number of pyridine rings is 1. The number of aryl methyl sites for hydroxylation is 2. The van der Waals surface area contributed by atoms with Gasteiger partial charge >= 0.3 is 0 Å². The maximum absolute atomic E-state index is 8.70. The van der Waals surface area contributed by atoms with Crippen molar-refractivity contribution in [3.63, 3.8) is 0 Å². The van der Waals surface area contributed by atoms with Crippen LogP contribution in [-0.2, 0) is 13.0 Å². The van der Waals surface area contributed by atoms with Crippen LogP contribution in [0.5, 0.6) is 0 Å². The highest BCUT2D eigenvalue weighted by Gasteiger charge is 2.01. The minimum Gasteiger partial charge on any atom is -0.396 e. The van der Waals surface area contributed by atoms with Crippen molar-refractivity contribution in [2.45, 2.75) is 25.8 Å². The first-order valence-corrected chi connectivity index (χ1v) is 5.06. The molecule has 14 heavy (non-hydrogen) atoms. The molecule has 0 amide bonds. The van der Waals surface area contributed by atoms with Gasteiger partial charge in [-0.25, -0.2) is 4.57 Å². The van der Waals surface area contributed by atoms with Crippen LogP contribution in [0.4, 0.5) is 0 Å². The zero-order valence-corrected chi connectivity index (χ0v) is 8.39. The molecular weight excluding hydrogens is 178 g/mol. The van der Waals surface area contributed by atoms with Crippen LogP contribution in [0.3, 0.4) is 0 Å². The second-order valence-corrected chi connectivity index (χ2v) is 3.35. The van der Waals surface area contributed by atoms with Crippen LogP contribution in [0.1, 0.15) is 18.4 Å². The lowest BCUT2D eigenvalue weighted by Crippen LogP contribution is -2.33. The summed E-state index contributed by atoms with van der Waals surface area (Å²) in [6, 6.07) is 4.06. The third-order valence-corrected chi connectivity index (χ3v) is 2.12. The van der Waals surface area contributed by atoms with Gasteiger partial charge in [-0.15, -0.1) is 0 Å². The average molecular weight is 196 g/mol. The predicted octanol–water partition coefficient (Wildman–Crippen LogP) is 0.281. The molecule has 3 heteroatoms. The molecule has 1 aromatic heterocycles. The van der Waals surface area contributed by atoms with Crippen LogP contribution >= 0.6 is 0 Å². The van der Waals surface area contributed by atoms with E-state index in [1.807, 2.05) is 12.3 Å². The summed E-state index contributed by atoms with van der Waals surface area (Å²) in [5, 5.41) is 17.4. The number of hydrogen-bond acceptors (Lipinski definition) is 2. The Morgan fingerprint density at radius 3 is 2.64 bits per heavy atom. The molecule has 0 atom stereocenters. The first-order chi connectivity index (χ1) is 6.86. The fraction of sp³-hybridized carbons (Fsp3) is 0.545. The fourth-order valence-electron chi connectivity index (χ4n) is 1.40. The summed E-state index contributed by atoms with van der Waals surface area (Å²) >= 11 is 0. The van der Waals surface area contributed by atoms with E-state index in [1.54, 1.807) is 0 Å². The van der Waals surface area contributed by atoms with Crippen LogP contribution in [-0.4, -0.2) is 23.4 Å². The highest BCUT2D eigenvalue weighted by Crippen LogP contribution is 1.98. The van der Waals surface area contributed by atoms with E-state index in [-0.39, 0.29) is 13.2 Å². The van der Waals surface area contributed by atoms with Crippen LogP contribution in [0.25, 0.3) is 0 Å².